The average molecular weight is 250 g/mol. The van der Waals surface area contributed by atoms with Crippen LogP contribution >= 0.6 is 0 Å². The normalized spacial score (nSPS) is 17.1. The van der Waals surface area contributed by atoms with Gasteiger partial charge in [0, 0.05) is 6.54 Å². The third kappa shape index (κ3) is 3.53. The molecule has 1 aromatic carbocycles. The molecular formula is C15H23FN2. The molecule has 0 amide bonds. The van der Waals surface area contributed by atoms with E-state index in [1.54, 1.807) is 0 Å². The van der Waals surface area contributed by atoms with Crippen LogP contribution in [0, 0.1) is 25.6 Å². The van der Waals surface area contributed by atoms with Crippen molar-refractivity contribution in [2.45, 2.75) is 33.2 Å². The quantitative estimate of drug-likeness (QED) is 0.858. The molecule has 0 unspecified atom stereocenters. The van der Waals surface area contributed by atoms with Crippen molar-refractivity contribution in [1.29, 1.82) is 0 Å². The van der Waals surface area contributed by atoms with Gasteiger partial charge >= 0.3 is 0 Å². The van der Waals surface area contributed by atoms with Crippen molar-refractivity contribution >= 4 is 0 Å². The van der Waals surface area contributed by atoms with Gasteiger partial charge in [0.05, 0.1) is 0 Å². The van der Waals surface area contributed by atoms with Gasteiger partial charge in [0.25, 0.3) is 0 Å². The van der Waals surface area contributed by atoms with Gasteiger partial charge in [0.1, 0.15) is 5.82 Å². The number of hydrogen-bond acceptors (Lipinski definition) is 2. The molecule has 0 atom stereocenters. The van der Waals surface area contributed by atoms with Gasteiger partial charge in [-0.05, 0) is 68.9 Å². The molecule has 0 saturated carbocycles. The Kier molecular flexibility index (Phi) is 4.72. The number of piperidine rings is 1. The summed E-state index contributed by atoms with van der Waals surface area (Å²) in [6.45, 7) is 7.85. The topological polar surface area (TPSA) is 24.1 Å². The van der Waals surface area contributed by atoms with E-state index in [4.69, 9.17) is 0 Å². The minimum absolute atomic E-state index is 0.0721. The summed E-state index contributed by atoms with van der Waals surface area (Å²) in [7, 11) is 0. The molecule has 3 heteroatoms. The summed E-state index contributed by atoms with van der Waals surface area (Å²) in [6, 6.07) is 3.88. The molecule has 0 bridgehead atoms. The maximum absolute atomic E-state index is 13.5. The number of nitrogens with one attached hydrogen (secondary N) is 2. The van der Waals surface area contributed by atoms with Crippen molar-refractivity contribution in [1.82, 2.24) is 10.6 Å². The van der Waals surface area contributed by atoms with E-state index in [1.165, 1.54) is 18.4 Å². The van der Waals surface area contributed by atoms with E-state index in [0.717, 1.165) is 43.2 Å². The Bertz CT molecular complexity index is 374. The molecule has 1 saturated heterocycles. The lowest BCUT2D eigenvalue weighted by Gasteiger charge is -2.22. The number of hydrogen-bond donors (Lipinski definition) is 2. The molecule has 100 valence electrons. The largest absolute Gasteiger partial charge is 0.317 e. The first-order chi connectivity index (χ1) is 8.66. The van der Waals surface area contributed by atoms with Crippen molar-refractivity contribution in [3.05, 3.63) is 34.6 Å². The van der Waals surface area contributed by atoms with Gasteiger partial charge in [0.2, 0.25) is 0 Å². The maximum Gasteiger partial charge on any atom is 0.129 e. The second-order valence-electron chi connectivity index (χ2n) is 5.37. The minimum atomic E-state index is -0.0721. The molecule has 2 nitrogen and oxygen atoms in total. The van der Waals surface area contributed by atoms with Crippen LogP contribution in [0.4, 0.5) is 4.39 Å². The number of rotatable bonds is 4. The second kappa shape index (κ2) is 6.30. The molecule has 18 heavy (non-hydrogen) atoms. The highest BCUT2D eigenvalue weighted by atomic mass is 19.1. The molecule has 2 N–H and O–H groups in total. The van der Waals surface area contributed by atoms with E-state index < -0.39 is 0 Å². The summed E-state index contributed by atoms with van der Waals surface area (Å²) in [4.78, 5) is 0. The SMILES string of the molecule is Cc1cc(CNCC2CCNCC2)cc(C)c1F. The number of aryl methyl sites for hydroxylation is 2. The highest BCUT2D eigenvalue weighted by molar-refractivity contribution is 5.30. The molecule has 1 aliphatic rings. The van der Waals surface area contributed by atoms with E-state index >= 15 is 0 Å². The van der Waals surface area contributed by atoms with Crippen molar-refractivity contribution in [3.8, 4) is 0 Å². The van der Waals surface area contributed by atoms with E-state index in [1.807, 2.05) is 26.0 Å². The first-order valence-electron chi connectivity index (χ1n) is 6.84. The Morgan fingerprint density at radius 3 is 2.44 bits per heavy atom. The minimum Gasteiger partial charge on any atom is -0.317 e. The smallest absolute Gasteiger partial charge is 0.129 e. The molecule has 1 fully saturated rings. The van der Waals surface area contributed by atoms with Crippen molar-refractivity contribution in [3.63, 3.8) is 0 Å². The Hall–Kier alpha value is -0.930. The zero-order valence-corrected chi connectivity index (χ0v) is 11.4. The van der Waals surface area contributed by atoms with Crippen LogP contribution in [0.15, 0.2) is 12.1 Å². The summed E-state index contributed by atoms with van der Waals surface area (Å²) >= 11 is 0. The third-order valence-electron chi connectivity index (χ3n) is 3.72. The van der Waals surface area contributed by atoms with Crippen LogP contribution in [0.3, 0.4) is 0 Å². The van der Waals surface area contributed by atoms with Gasteiger partial charge in [-0.25, -0.2) is 4.39 Å². The van der Waals surface area contributed by atoms with Crippen molar-refractivity contribution < 1.29 is 4.39 Å². The van der Waals surface area contributed by atoms with Gasteiger partial charge in [-0.3, -0.25) is 0 Å². The molecule has 2 rings (SSSR count). The summed E-state index contributed by atoms with van der Waals surface area (Å²) in [5.74, 6) is 0.714. The van der Waals surface area contributed by atoms with Crippen LogP contribution in [0.1, 0.15) is 29.5 Å². The fourth-order valence-electron chi connectivity index (χ4n) is 2.64. The first kappa shape index (κ1) is 13.5. The van der Waals surface area contributed by atoms with Crippen molar-refractivity contribution in [2.24, 2.45) is 5.92 Å². The lowest BCUT2D eigenvalue weighted by atomic mass is 9.98. The van der Waals surface area contributed by atoms with E-state index in [2.05, 4.69) is 10.6 Å². The maximum atomic E-state index is 13.5. The third-order valence-corrected chi connectivity index (χ3v) is 3.72. The van der Waals surface area contributed by atoms with Gasteiger partial charge in [-0.2, -0.15) is 0 Å². The predicted molar refractivity (Wildman–Crippen MR) is 73.2 cm³/mol. The van der Waals surface area contributed by atoms with Crippen LogP contribution in [-0.2, 0) is 6.54 Å². The fraction of sp³-hybridized carbons (Fsp3) is 0.600. The Labute approximate surface area is 109 Å². The molecule has 0 spiro atoms. The lowest BCUT2D eigenvalue weighted by molar-refractivity contribution is 0.356. The monoisotopic (exact) mass is 250 g/mol. The van der Waals surface area contributed by atoms with Gasteiger partial charge in [-0.1, -0.05) is 12.1 Å². The fourth-order valence-corrected chi connectivity index (χ4v) is 2.64. The number of benzene rings is 1. The number of halogens is 1. The predicted octanol–water partition coefficient (Wildman–Crippen LogP) is 2.53. The summed E-state index contributed by atoms with van der Waals surface area (Å²) in [5, 5.41) is 6.87. The molecule has 0 aromatic heterocycles. The van der Waals surface area contributed by atoms with E-state index in [9.17, 15) is 4.39 Å². The Morgan fingerprint density at radius 1 is 1.22 bits per heavy atom. The van der Waals surface area contributed by atoms with Crippen LogP contribution in [0.25, 0.3) is 0 Å². The van der Waals surface area contributed by atoms with E-state index in [-0.39, 0.29) is 5.82 Å². The molecular weight excluding hydrogens is 227 g/mol. The zero-order chi connectivity index (χ0) is 13.0. The molecule has 1 aliphatic heterocycles. The Balaban J connectivity index is 1.82. The second-order valence-corrected chi connectivity index (χ2v) is 5.37. The van der Waals surface area contributed by atoms with Crippen molar-refractivity contribution in [2.75, 3.05) is 19.6 Å². The first-order valence-corrected chi connectivity index (χ1v) is 6.84. The van der Waals surface area contributed by atoms with Crippen LogP contribution in [0.5, 0.6) is 0 Å². The molecule has 1 aromatic rings. The molecule has 0 radical (unpaired) electrons. The highest BCUT2D eigenvalue weighted by Crippen LogP contribution is 2.15. The zero-order valence-electron chi connectivity index (χ0n) is 11.4. The summed E-state index contributed by atoms with van der Waals surface area (Å²) < 4.78 is 13.5. The Morgan fingerprint density at radius 2 is 1.83 bits per heavy atom. The lowest BCUT2D eigenvalue weighted by Crippen LogP contribution is -2.33. The van der Waals surface area contributed by atoms with Crippen LogP contribution in [0.2, 0.25) is 0 Å². The standard InChI is InChI=1S/C15H23FN2/c1-11-7-14(8-12(2)15(11)16)10-18-9-13-3-5-17-6-4-13/h7-8,13,17-18H,3-6,9-10H2,1-2H3. The van der Waals surface area contributed by atoms with Crippen LogP contribution < -0.4 is 10.6 Å². The highest BCUT2D eigenvalue weighted by Gasteiger charge is 2.12. The molecule has 0 aliphatic carbocycles. The van der Waals surface area contributed by atoms with Gasteiger partial charge in [0.15, 0.2) is 0 Å². The van der Waals surface area contributed by atoms with Gasteiger partial charge in [-0.15, -0.1) is 0 Å². The summed E-state index contributed by atoms with van der Waals surface area (Å²) in [5.41, 5.74) is 2.67. The van der Waals surface area contributed by atoms with Gasteiger partial charge < -0.3 is 10.6 Å². The molecule has 1 heterocycles. The van der Waals surface area contributed by atoms with E-state index in [0.29, 0.717) is 0 Å². The average Bonchev–Trinajstić information content (AvgIpc) is 2.37. The summed E-state index contributed by atoms with van der Waals surface area (Å²) in [6.07, 6.45) is 2.52. The van der Waals surface area contributed by atoms with Crippen LogP contribution in [-0.4, -0.2) is 19.6 Å².